The van der Waals surface area contributed by atoms with Crippen molar-refractivity contribution in [1.29, 1.82) is 0 Å². The van der Waals surface area contributed by atoms with Gasteiger partial charge in [0, 0.05) is 12.0 Å². The van der Waals surface area contributed by atoms with E-state index in [0.717, 1.165) is 24.8 Å². The summed E-state index contributed by atoms with van der Waals surface area (Å²) in [4.78, 5) is 0. The molecular formula is C15H18F2O2. The van der Waals surface area contributed by atoms with E-state index in [0.29, 0.717) is 29.4 Å². The van der Waals surface area contributed by atoms with E-state index >= 15 is 0 Å². The second kappa shape index (κ2) is 4.44. The van der Waals surface area contributed by atoms with Crippen molar-refractivity contribution in [2.24, 2.45) is 0 Å². The molecule has 0 bridgehead atoms. The maximum atomic E-state index is 13.8. The molecule has 0 heterocycles. The summed E-state index contributed by atoms with van der Waals surface area (Å²) >= 11 is 0. The molecule has 0 amide bonds. The number of alkyl halides is 2. The Hall–Kier alpha value is -1.16. The van der Waals surface area contributed by atoms with Crippen LogP contribution in [0, 0.1) is 0 Å². The highest BCUT2D eigenvalue weighted by Crippen LogP contribution is 2.53. The van der Waals surface area contributed by atoms with E-state index in [4.69, 9.17) is 4.74 Å². The minimum atomic E-state index is -3.07. The Balaban J connectivity index is 2.04. The van der Waals surface area contributed by atoms with E-state index in [2.05, 4.69) is 0 Å². The first-order chi connectivity index (χ1) is 9.04. The smallest absolute Gasteiger partial charge is 0.281 e. The van der Waals surface area contributed by atoms with E-state index in [1.807, 2.05) is 13.0 Å². The summed E-state index contributed by atoms with van der Waals surface area (Å²) in [6.07, 6.45) is 0.796. The largest absolute Gasteiger partial charge is 0.493 e. The Bertz CT molecular complexity index is 495. The van der Waals surface area contributed by atoms with Crippen molar-refractivity contribution in [3.63, 3.8) is 0 Å². The molecule has 1 unspecified atom stereocenters. The van der Waals surface area contributed by atoms with Crippen LogP contribution in [0.4, 0.5) is 8.78 Å². The van der Waals surface area contributed by atoms with Crippen LogP contribution in [-0.4, -0.2) is 17.6 Å². The molecule has 0 saturated heterocycles. The number of hydrogen-bond acceptors (Lipinski definition) is 2. The fourth-order valence-corrected chi connectivity index (χ4v) is 2.81. The second-order valence-electron chi connectivity index (χ2n) is 5.51. The van der Waals surface area contributed by atoms with Gasteiger partial charge >= 0.3 is 0 Å². The van der Waals surface area contributed by atoms with Gasteiger partial charge < -0.3 is 9.84 Å². The third kappa shape index (κ3) is 2.12. The van der Waals surface area contributed by atoms with E-state index in [1.54, 1.807) is 6.07 Å². The van der Waals surface area contributed by atoms with Crippen LogP contribution in [0.2, 0.25) is 0 Å². The van der Waals surface area contributed by atoms with Crippen molar-refractivity contribution in [3.05, 3.63) is 28.8 Å². The van der Waals surface area contributed by atoms with Gasteiger partial charge in [0.15, 0.2) is 0 Å². The molecule has 4 heteroatoms. The topological polar surface area (TPSA) is 29.5 Å². The molecule has 1 fully saturated rings. The summed E-state index contributed by atoms with van der Waals surface area (Å²) in [5.41, 5.74) is 1.83. The average Bonchev–Trinajstić information content (AvgIpc) is 3.16. The Morgan fingerprint density at radius 2 is 2.11 bits per heavy atom. The van der Waals surface area contributed by atoms with Gasteiger partial charge in [-0.3, -0.25) is 0 Å². The molecular weight excluding hydrogens is 250 g/mol. The first-order valence-electron chi connectivity index (χ1n) is 6.89. The summed E-state index contributed by atoms with van der Waals surface area (Å²) in [6.45, 7) is 2.49. The minimum absolute atomic E-state index is 0.345. The Labute approximate surface area is 111 Å². The van der Waals surface area contributed by atoms with Crippen LogP contribution in [0.5, 0.6) is 5.75 Å². The van der Waals surface area contributed by atoms with E-state index in [-0.39, 0.29) is 0 Å². The molecule has 0 spiro atoms. The predicted molar refractivity (Wildman–Crippen MR) is 67.8 cm³/mol. The Morgan fingerprint density at radius 1 is 1.37 bits per heavy atom. The third-order valence-corrected chi connectivity index (χ3v) is 3.91. The van der Waals surface area contributed by atoms with E-state index < -0.39 is 18.4 Å². The van der Waals surface area contributed by atoms with Gasteiger partial charge in [0.2, 0.25) is 0 Å². The van der Waals surface area contributed by atoms with Gasteiger partial charge in [0.05, 0.1) is 6.61 Å². The summed E-state index contributed by atoms with van der Waals surface area (Å²) in [5.74, 6) is -2.22. The Kier molecular flexibility index (Phi) is 3.01. The molecule has 104 valence electrons. The molecule has 0 radical (unpaired) electrons. The van der Waals surface area contributed by atoms with Crippen LogP contribution in [0.25, 0.3) is 0 Å². The number of rotatable bonds is 4. The fraction of sp³-hybridized carbons (Fsp3) is 0.600. The van der Waals surface area contributed by atoms with E-state index in [1.165, 1.54) is 0 Å². The molecule has 1 atom stereocenters. The van der Waals surface area contributed by atoms with Crippen LogP contribution in [0.15, 0.2) is 12.1 Å². The maximum Gasteiger partial charge on any atom is 0.281 e. The molecule has 1 aromatic carbocycles. The summed E-state index contributed by atoms with van der Waals surface area (Å²) < 4.78 is 33.1. The molecule has 2 aliphatic carbocycles. The highest BCUT2D eigenvalue weighted by molar-refractivity contribution is 5.53. The lowest BCUT2D eigenvalue weighted by Gasteiger charge is -2.16. The quantitative estimate of drug-likeness (QED) is 0.904. The summed E-state index contributed by atoms with van der Waals surface area (Å²) in [5, 5.41) is 9.91. The van der Waals surface area contributed by atoms with Crippen molar-refractivity contribution in [2.45, 2.75) is 50.6 Å². The molecule has 1 aromatic rings. The van der Waals surface area contributed by atoms with Gasteiger partial charge in [-0.2, -0.15) is 0 Å². The second-order valence-corrected chi connectivity index (χ2v) is 5.51. The first-order valence-corrected chi connectivity index (χ1v) is 6.89. The van der Waals surface area contributed by atoms with Gasteiger partial charge in [-0.1, -0.05) is 13.0 Å². The monoisotopic (exact) mass is 268 g/mol. The standard InChI is InChI=1S/C15H18F2O2/c1-2-7-19-12-6-5-10(9-3-4-9)13-11(12)8-15(16,17)14(13)18/h5-6,9,14,18H,2-4,7-8H2,1H3. The van der Waals surface area contributed by atoms with Crippen molar-refractivity contribution < 1.29 is 18.6 Å². The zero-order valence-electron chi connectivity index (χ0n) is 11.0. The van der Waals surface area contributed by atoms with Crippen LogP contribution in [-0.2, 0) is 6.42 Å². The van der Waals surface area contributed by atoms with Crippen LogP contribution < -0.4 is 4.74 Å². The minimum Gasteiger partial charge on any atom is -0.493 e. The number of hydrogen-bond donors (Lipinski definition) is 1. The molecule has 3 rings (SSSR count). The molecule has 1 N–H and O–H groups in total. The molecule has 0 aromatic heterocycles. The number of halogens is 2. The highest BCUT2D eigenvalue weighted by Gasteiger charge is 2.50. The average molecular weight is 268 g/mol. The van der Waals surface area contributed by atoms with Crippen molar-refractivity contribution >= 4 is 0 Å². The normalized spacial score (nSPS) is 24.3. The number of benzene rings is 1. The lowest BCUT2D eigenvalue weighted by atomic mass is 9.97. The SMILES string of the molecule is CCCOc1ccc(C2CC2)c2c1CC(F)(F)C2O. The Morgan fingerprint density at radius 3 is 2.74 bits per heavy atom. The van der Waals surface area contributed by atoms with Gasteiger partial charge in [-0.15, -0.1) is 0 Å². The molecule has 2 aliphatic rings. The number of ether oxygens (including phenoxy) is 1. The zero-order chi connectivity index (χ0) is 13.6. The van der Waals surface area contributed by atoms with Gasteiger partial charge in [-0.05, 0) is 42.4 Å². The molecule has 2 nitrogen and oxygen atoms in total. The lowest BCUT2D eigenvalue weighted by Crippen LogP contribution is -2.21. The van der Waals surface area contributed by atoms with Crippen LogP contribution in [0.3, 0.4) is 0 Å². The van der Waals surface area contributed by atoms with Crippen molar-refractivity contribution in [1.82, 2.24) is 0 Å². The fourth-order valence-electron chi connectivity index (χ4n) is 2.81. The maximum absolute atomic E-state index is 13.8. The number of aliphatic hydroxyl groups is 1. The highest BCUT2D eigenvalue weighted by atomic mass is 19.3. The van der Waals surface area contributed by atoms with Crippen LogP contribution in [0.1, 0.15) is 54.9 Å². The zero-order valence-corrected chi connectivity index (χ0v) is 11.0. The predicted octanol–water partition coefficient (Wildman–Crippen LogP) is 3.58. The third-order valence-electron chi connectivity index (χ3n) is 3.91. The number of aliphatic hydroxyl groups excluding tert-OH is 1. The lowest BCUT2D eigenvalue weighted by molar-refractivity contribution is -0.0971. The number of fused-ring (bicyclic) bond motifs is 1. The van der Waals surface area contributed by atoms with E-state index in [9.17, 15) is 13.9 Å². The summed E-state index contributed by atoms with van der Waals surface area (Å²) in [6, 6.07) is 3.64. The van der Waals surface area contributed by atoms with Crippen molar-refractivity contribution in [2.75, 3.05) is 6.61 Å². The van der Waals surface area contributed by atoms with Gasteiger partial charge in [-0.25, -0.2) is 8.78 Å². The molecule has 0 aliphatic heterocycles. The van der Waals surface area contributed by atoms with Gasteiger partial charge in [0.25, 0.3) is 5.92 Å². The molecule has 19 heavy (non-hydrogen) atoms. The van der Waals surface area contributed by atoms with Gasteiger partial charge in [0.1, 0.15) is 11.9 Å². The van der Waals surface area contributed by atoms with Crippen molar-refractivity contribution in [3.8, 4) is 5.75 Å². The first kappa shape index (κ1) is 12.9. The molecule has 1 saturated carbocycles. The van der Waals surface area contributed by atoms with Crippen LogP contribution >= 0.6 is 0 Å². The summed E-state index contributed by atoms with van der Waals surface area (Å²) in [7, 11) is 0.